The van der Waals surface area contributed by atoms with Crippen LogP contribution in [0.15, 0.2) is 29.2 Å². The molecule has 60 valence electrons. The van der Waals surface area contributed by atoms with E-state index < -0.39 is 11.1 Å². The van der Waals surface area contributed by atoms with Gasteiger partial charge in [-0.1, -0.05) is 0 Å². The van der Waals surface area contributed by atoms with Crippen LogP contribution in [-0.2, 0) is 15.3 Å². The molecule has 0 aromatic heterocycles. The van der Waals surface area contributed by atoms with Gasteiger partial charge in [0.05, 0.1) is 12.0 Å². The summed E-state index contributed by atoms with van der Waals surface area (Å²) < 4.78 is 15.5. The Labute approximate surface area is 67.3 Å². The van der Waals surface area contributed by atoms with Gasteiger partial charge in [0.1, 0.15) is 5.75 Å². The van der Waals surface area contributed by atoms with E-state index in [4.69, 9.17) is 5.11 Å². The third-order valence-corrected chi connectivity index (χ3v) is 2.14. The molecule has 4 heteroatoms. The lowest BCUT2D eigenvalue weighted by atomic mass is 10.3. The minimum atomic E-state index is -1.41. The number of benzene rings is 1. The monoisotopic (exact) mass is 172 g/mol. The average molecular weight is 172 g/mol. The summed E-state index contributed by atoms with van der Waals surface area (Å²) in [6.45, 7) is 0. The Morgan fingerprint density at radius 3 is 2.36 bits per heavy atom. The third kappa shape index (κ3) is 2.03. The number of aromatic hydroxyl groups is 1. The predicted octanol–water partition coefficient (Wildman–Crippen LogP) is 1.06. The molecule has 1 N–H and O–H groups in total. The van der Waals surface area contributed by atoms with E-state index >= 15 is 0 Å². The van der Waals surface area contributed by atoms with Crippen LogP contribution in [0.2, 0.25) is 0 Å². The van der Waals surface area contributed by atoms with Crippen molar-refractivity contribution in [2.75, 3.05) is 7.11 Å². The second-order valence-electron chi connectivity index (χ2n) is 1.90. The molecule has 0 fully saturated rings. The highest BCUT2D eigenvalue weighted by Gasteiger charge is 2.00. The normalized spacial score (nSPS) is 12.8. The van der Waals surface area contributed by atoms with Crippen LogP contribution in [0.4, 0.5) is 0 Å². The lowest BCUT2D eigenvalue weighted by Gasteiger charge is -1.97. The van der Waals surface area contributed by atoms with Crippen molar-refractivity contribution in [3.8, 4) is 5.75 Å². The van der Waals surface area contributed by atoms with Gasteiger partial charge >= 0.3 is 0 Å². The van der Waals surface area contributed by atoms with Crippen molar-refractivity contribution in [3.63, 3.8) is 0 Å². The number of phenols is 1. The first-order chi connectivity index (χ1) is 5.24. The maximum absolute atomic E-state index is 10.9. The SMILES string of the molecule is COS(=O)c1ccc(O)cc1. The quantitative estimate of drug-likeness (QED) is 0.725. The molecule has 0 aliphatic rings. The van der Waals surface area contributed by atoms with Gasteiger partial charge in [0, 0.05) is 0 Å². The van der Waals surface area contributed by atoms with Crippen LogP contribution in [0.1, 0.15) is 0 Å². The fraction of sp³-hybridized carbons (Fsp3) is 0.143. The molecule has 3 nitrogen and oxygen atoms in total. The zero-order valence-corrected chi connectivity index (χ0v) is 6.80. The fourth-order valence-corrected chi connectivity index (χ4v) is 1.20. The highest BCUT2D eigenvalue weighted by molar-refractivity contribution is 7.80. The Balaban J connectivity index is 2.90. The molecule has 1 atom stereocenters. The third-order valence-electron chi connectivity index (χ3n) is 1.18. The van der Waals surface area contributed by atoms with Gasteiger partial charge in [0.2, 0.25) is 0 Å². The van der Waals surface area contributed by atoms with Gasteiger partial charge < -0.3 is 5.11 Å². The number of rotatable bonds is 2. The first kappa shape index (κ1) is 8.23. The summed E-state index contributed by atoms with van der Waals surface area (Å²) in [4.78, 5) is 0.547. The highest BCUT2D eigenvalue weighted by Crippen LogP contribution is 2.12. The predicted molar refractivity (Wildman–Crippen MR) is 41.5 cm³/mol. The minimum absolute atomic E-state index is 0.154. The van der Waals surface area contributed by atoms with E-state index in [-0.39, 0.29) is 5.75 Å². The zero-order valence-electron chi connectivity index (χ0n) is 5.98. The van der Waals surface area contributed by atoms with Crippen molar-refractivity contribution in [1.82, 2.24) is 0 Å². The van der Waals surface area contributed by atoms with Crippen molar-refractivity contribution < 1.29 is 13.5 Å². The lowest BCUT2D eigenvalue weighted by Crippen LogP contribution is -1.91. The smallest absolute Gasteiger partial charge is 0.188 e. The average Bonchev–Trinajstić information content (AvgIpc) is 2.05. The van der Waals surface area contributed by atoms with E-state index in [1.165, 1.54) is 19.2 Å². The van der Waals surface area contributed by atoms with Crippen molar-refractivity contribution >= 4 is 11.1 Å². The van der Waals surface area contributed by atoms with Gasteiger partial charge in [-0.25, -0.2) is 4.21 Å². The molecule has 0 radical (unpaired) electrons. The van der Waals surface area contributed by atoms with Gasteiger partial charge in [0.15, 0.2) is 11.1 Å². The maximum atomic E-state index is 10.9. The summed E-state index contributed by atoms with van der Waals surface area (Å²) in [6, 6.07) is 6.03. The molecule has 1 rings (SSSR count). The van der Waals surface area contributed by atoms with Crippen LogP contribution in [0.25, 0.3) is 0 Å². The first-order valence-corrected chi connectivity index (χ1v) is 4.07. The number of hydrogen-bond donors (Lipinski definition) is 1. The largest absolute Gasteiger partial charge is 0.508 e. The molecule has 11 heavy (non-hydrogen) atoms. The van der Waals surface area contributed by atoms with Crippen LogP contribution < -0.4 is 0 Å². The summed E-state index contributed by atoms with van der Waals surface area (Å²) >= 11 is -1.41. The molecule has 0 aliphatic heterocycles. The molecular formula is C7H8O3S. The van der Waals surface area contributed by atoms with Crippen LogP contribution in [0.3, 0.4) is 0 Å². The summed E-state index contributed by atoms with van der Waals surface area (Å²) in [6.07, 6.45) is 0. The van der Waals surface area contributed by atoms with E-state index in [1.54, 1.807) is 12.1 Å². The summed E-state index contributed by atoms with van der Waals surface area (Å²) in [5, 5.41) is 8.87. The summed E-state index contributed by atoms with van der Waals surface area (Å²) in [5.74, 6) is 0.154. The fourth-order valence-electron chi connectivity index (χ4n) is 0.653. The second-order valence-corrected chi connectivity index (χ2v) is 3.17. The standard InChI is InChI=1S/C7H8O3S/c1-10-11(9)7-4-2-6(8)3-5-7/h2-5,8H,1H3. The Morgan fingerprint density at radius 2 is 1.91 bits per heavy atom. The molecule has 0 bridgehead atoms. The van der Waals surface area contributed by atoms with Crippen LogP contribution in [0, 0.1) is 0 Å². The van der Waals surface area contributed by atoms with Crippen LogP contribution in [0.5, 0.6) is 5.75 Å². The van der Waals surface area contributed by atoms with Gasteiger partial charge in [0.25, 0.3) is 0 Å². The van der Waals surface area contributed by atoms with Crippen molar-refractivity contribution in [2.45, 2.75) is 4.90 Å². The van der Waals surface area contributed by atoms with E-state index in [9.17, 15) is 4.21 Å². The van der Waals surface area contributed by atoms with Crippen molar-refractivity contribution in [3.05, 3.63) is 24.3 Å². The topological polar surface area (TPSA) is 46.5 Å². The zero-order chi connectivity index (χ0) is 8.27. The lowest BCUT2D eigenvalue weighted by molar-refractivity contribution is 0.445. The first-order valence-electron chi connectivity index (χ1n) is 2.99. The Hall–Kier alpha value is -0.870. The van der Waals surface area contributed by atoms with Crippen molar-refractivity contribution in [2.24, 2.45) is 0 Å². The molecule has 0 saturated carbocycles. The van der Waals surface area contributed by atoms with Gasteiger partial charge in [-0.2, -0.15) is 0 Å². The van der Waals surface area contributed by atoms with Crippen molar-refractivity contribution in [1.29, 1.82) is 0 Å². The van der Waals surface area contributed by atoms with E-state index in [1.807, 2.05) is 0 Å². The minimum Gasteiger partial charge on any atom is -0.508 e. The van der Waals surface area contributed by atoms with Gasteiger partial charge in [-0.3, -0.25) is 4.18 Å². The molecule has 0 saturated heterocycles. The van der Waals surface area contributed by atoms with Gasteiger partial charge in [-0.15, -0.1) is 0 Å². The molecule has 1 aromatic carbocycles. The van der Waals surface area contributed by atoms with E-state index in [0.717, 1.165) is 0 Å². The molecular weight excluding hydrogens is 164 g/mol. The van der Waals surface area contributed by atoms with E-state index in [0.29, 0.717) is 4.90 Å². The summed E-state index contributed by atoms with van der Waals surface area (Å²) in [7, 11) is 1.36. The Bertz CT molecular complexity index is 255. The molecule has 1 unspecified atom stereocenters. The Kier molecular flexibility index (Phi) is 2.62. The molecule has 1 aromatic rings. The highest BCUT2D eigenvalue weighted by atomic mass is 32.2. The molecule has 0 aliphatic carbocycles. The molecule has 0 heterocycles. The number of phenolic OH excluding ortho intramolecular Hbond substituents is 1. The summed E-state index contributed by atoms with van der Waals surface area (Å²) in [5.41, 5.74) is 0. The van der Waals surface area contributed by atoms with E-state index in [2.05, 4.69) is 4.18 Å². The van der Waals surface area contributed by atoms with Crippen LogP contribution in [-0.4, -0.2) is 16.4 Å². The molecule has 0 spiro atoms. The maximum Gasteiger partial charge on any atom is 0.188 e. The van der Waals surface area contributed by atoms with Gasteiger partial charge in [-0.05, 0) is 24.3 Å². The second kappa shape index (κ2) is 3.50. The molecule has 0 amide bonds. The van der Waals surface area contributed by atoms with Crippen LogP contribution >= 0.6 is 0 Å². The Morgan fingerprint density at radius 1 is 1.36 bits per heavy atom. The number of hydrogen-bond acceptors (Lipinski definition) is 3.